The Morgan fingerprint density at radius 3 is 2.57 bits per heavy atom. The maximum absolute atomic E-state index is 14.7. The summed E-state index contributed by atoms with van der Waals surface area (Å²) in [6, 6.07) is 0.623. The molecule has 0 radical (unpaired) electrons. The summed E-state index contributed by atoms with van der Waals surface area (Å²) in [4.78, 5) is 14.1. The molecule has 12 heteroatoms. The van der Waals surface area contributed by atoms with Crippen molar-refractivity contribution in [3.8, 4) is 17.0 Å². The van der Waals surface area contributed by atoms with E-state index in [1.807, 2.05) is 0 Å². The molecule has 4 rings (SSSR count). The zero-order valence-electron chi connectivity index (χ0n) is 19.5. The van der Waals surface area contributed by atoms with E-state index in [0.29, 0.717) is 42.2 Å². The van der Waals surface area contributed by atoms with Gasteiger partial charge in [0.15, 0.2) is 5.82 Å². The number of anilines is 1. The Kier molecular flexibility index (Phi) is 6.52. The van der Waals surface area contributed by atoms with Gasteiger partial charge >= 0.3 is 12.3 Å². The van der Waals surface area contributed by atoms with Crippen LogP contribution < -0.4 is 5.32 Å². The molecule has 2 aromatic rings. The van der Waals surface area contributed by atoms with E-state index in [4.69, 9.17) is 9.47 Å². The molecule has 3 heterocycles. The van der Waals surface area contributed by atoms with Gasteiger partial charge in [-0.15, -0.1) is 10.2 Å². The van der Waals surface area contributed by atoms with E-state index in [2.05, 4.69) is 15.5 Å². The van der Waals surface area contributed by atoms with Crippen molar-refractivity contribution in [2.75, 3.05) is 18.4 Å². The molecule has 1 amide bonds. The summed E-state index contributed by atoms with van der Waals surface area (Å²) in [5, 5.41) is 21.6. The van der Waals surface area contributed by atoms with Crippen LogP contribution in [0, 0.1) is 5.82 Å². The number of amides is 1. The highest BCUT2D eigenvalue weighted by atomic mass is 19.4. The number of hydrogen-bond donors (Lipinski definition) is 2. The van der Waals surface area contributed by atoms with Crippen LogP contribution in [0.4, 0.5) is 28.2 Å². The molecule has 0 spiro atoms. The van der Waals surface area contributed by atoms with Crippen molar-refractivity contribution >= 4 is 11.9 Å². The number of piperidine rings is 1. The average molecular weight is 498 g/mol. The second-order valence-electron chi connectivity index (χ2n) is 9.61. The normalized spacial score (nSPS) is 18.4. The van der Waals surface area contributed by atoms with Gasteiger partial charge in [0.05, 0.1) is 24.3 Å². The number of halogens is 4. The van der Waals surface area contributed by atoms with Crippen molar-refractivity contribution in [3.05, 3.63) is 34.6 Å². The number of carbonyl (C=O) groups excluding carboxylic acids is 1. The summed E-state index contributed by atoms with van der Waals surface area (Å²) in [6.45, 7) is 6.48. The number of ether oxygens (including phenoxy) is 2. The summed E-state index contributed by atoms with van der Waals surface area (Å²) in [6.07, 6.45) is -3.72. The van der Waals surface area contributed by atoms with Gasteiger partial charge in [-0.1, -0.05) is 0 Å². The molecule has 2 aliphatic heterocycles. The van der Waals surface area contributed by atoms with Crippen molar-refractivity contribution in [1.82, 2.24) is 15.1 Å². The lowest BCUT2D eigenvalue weighted by atomic mass is 10.00. The standard InChI is InChI=1S/C23H26F4N4O4/c1-22(2,3)35-21(33)31-6-4-5-13(9-31)28-20-15-11-34-10-14(15)19(29-30-20)18-16(24)7-12(8-17(18)32)23(25,26)27/h7-8,13,32H,4-6,9-11H2,1-3H3,(H,28,30)/t13-/m1/s1. The number of nitrogens with zero attached hydrogens (tertiary/aromatic N) is 3. The van der Waals surface area contributed by atoms with Gasteiger partial charge in [-0.2, -0.15) is 13.2 Å². The van der Waals surface area contributed by atoms with E-state index in [0.717, 1.165) is 12.8 Å². The van der Waals surface area contributed by atoms with E-state index >= 15 is 0 Å². The molecule has 35 heavy (non-hydrogen) atoms. The SMILES string of the molecule is CC(C)(C)OC(=O)N1CCC[C@@H](Nc2nnc(-c3c(O)cc(C(F)(F)F)cc3F)c3c2COC3)C1. The molecule has 1 aromatic heterocycles. The number of phenols is 1. The second-order valence-corrected chi connectivity index (χ2v) is 9.61. The maximum Gasteiger partial charge on any atom is 0.416 e. The summed E-state index contributed by atoms with van der Waals surface area (Å²) >= 11 is 0. The van der Waals surface area contributed by atoms with E-state index in [1.165, 1.54) is 0 Å². The number of rotatable bonds is 3. The average Bonchev–Trinajstić information content (AvgIpc) is 3.23. The minimum absolute atomic E-state index is 0.0312. The molecule has 1 aromatic carbocycles. The lowest BCUT2D eigenvalue weighted by Crippen LogP contribution is -2.47. The number of fused-ring (bicyclic) bond motifs is 1. The third kappa shape index (κ3) is 5.42. The molecule has 2 aliphatic rings. The van der Waals surface area contributed by atoms with Crippen molar-refractivity contribution in [2.45, 2.75) is 64.6 Å². The second kappa shape index (κ2) is 9.14. The van der Waals surface area contributed by atoms with Gasteiger partial charge < -0.3 is 24.8 Å². The molecule has 0 unspecified atom stereocenters. The highest BCUT2D eigenvalue weighted by Gasteiger charge is 2.35. The number of carbonyl (C=O) groups is 1. The number of hydrogen-bond acceptors (Lipinski definition) is 7. The van der Waals surface area contributed by atoms with E-state index in [-0.39, 0.29) is 24.9 Å². The van der Waals surface area contributed by atoms with Crippen molar-refractivity contribution in [3.63, 3.8) is 0 Å². The third-order valence-electron chi connectivity index (χ3n) is 5.73. The minimum Gasteiger partial charge on any atom is -0.507 e. The fourth-order valence-corrected chi connectivity index (χ4v) is 4.16. The van der Waals surface area contributed by atoms with E-state index < -0.39 is 40.6 Å². The number of aromatic nitrogens is 2. The van der Waals surface area contributed by atoms with Gasteiger partial charge in [0.2, 0.25) is 0 Å². The van der Waals surface area contributed by atoms with Gasteiger partial charge in [-0.25, -0.2) is 9.18 Å². The van der Waals surface area contributed by atoms with Crippen LogP contribution in [-0.2, 0) is 28.9 Å². The van der Waals surface area contributed by atoms with Gasteiger partial charge in [-0.05, 0) is 45.7 Å². The van der Waals surface area contributed by atoms with Gasteiger partial charge in [0, 0.05) is 30.3 Å². The molecule has 0 aliphatic carbocycles. The number of likely N-dealkylation sites (tertiary alicyclic amines) is 1. The number of benzene rings is 1. The quantitative estimate of drug-likeness (QED) is 0.584. The molecule has 1 fully saturated rings. The first-order valence-corrected chi connectivity index (χ1v) is 11.1. The maximum atomic E-state index is 14.7. The van der Waals surface area contributed by atoms with Crippen LogP contribution in [0.2, 0.25) is 0 Å². The van der Waals surface area contributed by atoms with Crippen molar-refractivity contribution in [2.24, 2.45) is 0 Å². The third-order valence-corrected chi connectivity index (χ3v) is 5.73. The molecule has 0 bridgehead atoms. The van der Waals surface area contributed by atoms with Crippen LogP contribution in [0.25, 0.3) is 11.3 Å². The Hall–Kier alpha value is -3.15. The fraction of sp³-hybridized carbons (Fsp3) is 0.522. The first kappa shape index (κ1) is 25.0. The molecule has 1 atom stereocenters. The lowest BCUT2D eigenvalue weighted by molar-refractivity contribution is -0.137. The Balaban J connectivity index is 1.58. The predicted molar refractivity (Wildman–Crippen MR) is 117 cm³/mol. The summed E-state index contributed by atoms with van der Waals surface area (Å²) in [7, 11) is 0. The highest BCUT2D eigenvalue weighted by molar-refractivity contribution is 5.74. The molecule has 1 saturated heterocycles. The van der Waals surface area contributed by atoms with Crippen molar-refractivity contribution < 1.29 is 36.9 Å². The summed E-state index contributed by atoms with van der Waals surface area (Å²) in [5.41, 5.74) is -1.46. The van der Waals surface area contributed by atoms with Gasteiger partial charge in [-0.3, -0.25) is 0 Å². The van der Waals surface area contributed by atoms with Gasteiger partial charge in [0.1, 0.15) is 22.9 Å². The lowest BCUT2D eigenvalue weighted by Gasteiger charge is -2.34. The Labute approximate surface area is 199 Å². The molecule has 8 nitrogen and oxygen atoms in total. The smallest absolute Gasteiger partial charge is 0.416 e. The van der Waals surface area contributed by atoms with Crippen LogP contribution in [0.15, 0.2) is 12.1 Å². The number of nitrogens with one attached hydrogen (secondary N) is 1. The van der Waals surface area contributed by atoms with Crippen LogP contribution in [-0.4, -0.2) is 51.0 Å². The number of aromatic hydroxyl groups is 1. The largest absolute Gasteiger partial charge is 0.507 e. The zero-order chi connectivity index (χ0) is 25.5. The molecular formula is C23H26F4N4O4. The van der Waals surface area contributed by atoms with Crippen molar-refractivity contribution in [1.29, 1.82) is 0 Å². The molecule has 2 N–H and O–H groups in total. The fourth-order valence-electron chi connectivity index (χ4n) is 4.16. The van der Waals surface area contributed by atoms with E-state index in [1.54, 1.807) is 25.7 Å². The topological polar surface area (TPSA) is 96.8 Å². The zero-order valence-corrected chi connectivity index (χ0v) is 19.5. The van der Waals surface area contributed by atoms with Gasteiger partial charge in [0.25, 0.3) is 0 Å². The Bertz CT molecular complexity index is 1110. The summed E-state index contributed by atoms with van der Waals surface area (Å²) in [5.74, 6) is -1.77. The number of alkyl halides is 3. The minimum atomic E-state index is -4.81. The predicted octanol–water partition coefficient (Wildman–Crippen LogP) is 4.85. The summed E-state index contributed by atoms with van der Waals surface area (Å²) < 4.78 is 64.5. The Morgan fingerprint density at radius 1 is 1.20 bits per heavy atom. The highest BCUT2D eigenvalue weighted by Crippen LogP contribution is 2.41. The van der Waals surface area contributed by atoms with E-state index in [9.17, 15) is 27.5 Å². The monoisotopic (exact) mass is 498 g/mol. The first-order valence-electron chi connectivity index (χ1n) is 11.1. The molecular weight excluding hydrogens is 472 g/mol. The van der Waals surface area contributed by atoms with Crippen LogP contribution in [0.5, 0.6) is 5.75 Å². The van der Waals surface area contributed by atoms with Crippen LogP contribution >= 0.6 is 0 Å². The first-order chi connectivity index (χ1) is 16.3. The molecule has 0 saturated carbocycles. The number of phenolic OH excluding ortho intramolecular Hbond substituents is 1. The molecule has 190 valence electrons. The van der Waals surface area contributed by atoms with Crippen LogP contribution in [0.3, 0.4) is 0 Å². The van der Waals surface area contributed by atoms with Crippen LogP contribution in [0.1, 0.15) is 50.3 Å². The Morgan fingerprint density at radius 2 is 1.91 bits per heavy atom.